The van der Waals surface area contributed by atoms with Crippen LogP contribution in [0.4, 0.5) is 0 Å². The summed E-state index contributed by atoms with van der Waals surface area (Å²) < 4.78 is 0. The second-order valence-electron chi connectivity index (χ2n) is 6.80. The van der Waals surface area contributed by atoms with E-state index in [0.717, 1.165) is 42.9 Å². The molecule has 2 fully saturated rings. The van der Waals surface area contributed by atoms with E-state index in [0.29, 0.717) is 13.0 Å². The summed E-state index contributed by atoms with van der Waals surface area (Å²) in [6, 6.07) is 10.0. The van der Waals surface area contributed by atoms with Crippen molar-refractivity contribution in [3.05, 3.63) is 42.4 Å². The van der Waals surface area contributed by atoms with Gasteiger partial charge >= 0.3 is 0 Å². The summed E-state index contributed by atoms with van der Waals surface area (Å²) >= 11 is 0. The highest BCUT2D eigenvalue weighted by atomic mass is 16.2. The molecule has 2 atom stereocenters. The van der Waals surface area contributed by atoms with Gasteiger partial charge < -0.3 is 15.2 Å². The first-order valence-corrected chi connectivity index (χ1v) is 8.90. The second-order valence-corrected chi connectivity index (χ2v) is 6.80. The van der Waals surface area contributed by atoms with Gasteiger partial charge in [0, 0.05) is 19.5 Å². The Bertz CT molecular complexity index is 771. The van der Waals surface area contributed by atoms with Crippen molar-refractivity contribution in [2.24, 2.45) is 5.92 Å². The summed E-state index contributed by atoms with van der Waals surface area (Å²) in [4.78, 5) is 34.2. The summed E-state index contributed by atoms with van der Waals surface area (Å²) in [5, 5.41) is 2.76. The van der Waals surface area contributed by atoms with Crippen LogP contribution in [0.2, 0.25) is 0 Å². The van der Waals surface area contributed by atoms with Gasteiger partial charge in [-0.05, 0) is 24.8 Å². The van der Waals surface area contributed by atoms with Crippen LogP contribution in [0, 0.1) is 5.92 Å². The van der Waals surface area contributed by atoms with Crippen molar-refractivity contribution >= 4 is 11.8 Å². The van der Waals surface area contributed by atoms with Gasteiger partial charge in [0.1, 0.15) is 5.82 Å². The number of hydrogen-bond acceptors (Lipinski definition) is 3. The molecule has 25 heavy (non-hydrogen) atoms. The van der Waals surface area contributed by atoms with Crippen LogP contribution >= 0.6 is 0 Å². The maximum absolute atomic E-state index is 12.9. The Kier molecular flexibility index (Phi) is 4.26. The molecule has 0 aliphatic carbocycles. The van der Waals surface area contributed by atoms with E-state index in [9.17, 15) is 9.59 Å². The first kappa shape index (κ1) is 15.9. The fraction of sp³-hybridized carbons (Fsp3) is 0.421. The van der Waals surface area contributed by atoms with Gasteiger partial charge in [-0.25, -0.2) is 4.98 Å². The number of carbonyl (C=O) groups is 2. The van der Waals surface area contributed by atoms with Crippen molar-refractivity contribution in [1.82, 2.24) is 20.2 Å². The molecule has 2 aliphatic heterocycles. The minimum atomic E-state index is -0.239. The molecule has 130 valence electrons. The number of aromatic amines is 1. The number of piperidine rings is 1. The summed E-state index contributed by atoms with van der Waals surface area (Å²) in [5.74, 6) is 0.637. The normalized spacial score (nSPS) is 23.5. The Morgan fingerprint density at radius 2 is 2.04 bits per heavy atom. The number of nitrogens with one attached hydrogen (secondary N) is 2. The summed E-state index contributed by atoms with van der Waals surface area (Å²) in [5.41, 5.74) is 2.05. The third-order valence-electron chi connectivity index (χ3n) is 5.11. The molecule has 6 heteroatoms. The number of nitrogens with zero attached hydrogens (tertiary/aromatic N) is 2. The van der Waals surface area contributed by atoms with Crippen molar-refractivity contribution in [3.8, 4) is 11.3 Å². The minimum Gasteiger partial charge on any atom is -0.355 e. The van der Waals surface area contributed by atoms with Crippen LogP contribution in [0.25, 0.3) is 11.3 Å². The first-order chi connectivity index (χ1) is 12.2. The van der Waals surface area contributed by atoms with E-state index in [1.54, 1.807) is 0 Å². The zero-order valence-corrected chi connectivity index (χ0v) is 14.1. The predicted molar refractivity (Wildman–Crippen MR) is 93.4 cm³/mol. The lowest BCUT2D eigenvalue weighted by atomic mass is 9.98. The molecule has 2 unspecified atom stereocenters. The lowest BCUT2D eigenvalue weighted by Crippen LogP contribution is -2.42. The SMILES string of the molecule is O=C1CC(C(=O)N2CCCCC2c2ncc(-c3ccccc3)[nH]2)CN1. The molecule has 1 aromatic heterocycles. The highest BCUT2D eigenvalue weighted by molar-refractivity contribution is 5.89. The van der Waals surface area contributed by atoms with Crippen LogP contribution in [0.15, 0.2) is 36.5 Å². The van der Waals surface area contributed by atoms with Gasteiger partial charge in [0.2, 0.25) is 11.8 Å². The molecule has 6 nitrogen and oxygen atoms in total. The number of aromatic nitrogens is 2. The van der Waals surface area contributed by atoms with Gasteiger partial charge in [0.25, 0.3) is 0 Å². The highest BCUT2D eigenvalue weighted by Gasteiger charge is 2.36. The van der Waals surface area contributed by atoms with Crippen molar-refractivity contribution in [2.45, 2.75) is 31.7 Å². The van der Waals surface area contributed by atoms with Gasteiger partial charge in [-0.2, -0.15) is 0 Å². The molecule has 2 aromatic rings. The van der Waals surface area contributed by atoms with E-state index >= 15 is 0 Å². The topological polar surface area (TPSA) is 78.1 Å². The average Bonchev–Trinajstić information content (AvgIpc) is 3.31. The standard InChI is InChI=1S/C19H22N4O2/c24-17-10-14(11-20-17)19(25)23-9-5-4-8-16(23)18-21-12-15(22-18)13-6-2-1-3-7-13/h1-3,6-7,12,14,16H,4-5,8-11H2,(H,20,24)(H,21,22). The van der Waals surface area contributed by atoms with Crippen LogP contribution in [0.5, 0.6) is 0 Å². The van der Waals surface area contributed by atoms with Crippen LogP contribution in [-0.4, -0.2) is 39.8 Å². The molecule has 2 saturated heterocycles. The second kappa shape index (κ2) is 6.70. The summed E-state index contributed by atoms with van der Waals surface area (Å²) in [7, 11) is 0. The maximum Gasteiger partial charge on any atom is 0.228 e. The van der Waals surface area contributed by atoms with Crippen LogP contribution in [0.3, 0.4) is 0 Å². The molecule has 0 radical (unpaired) electrons. The molecule has 0 saturated carbocycles. The Hall–Kier alpha value is -2.63. The van der Waals surface area contributed by atoms with E-state index in [1.807, 2.05) is 41.4 Å². The molecule has 0 spiro atoms. The number of amides is 2. The summed E-state index contributed by atoms with van der Waals surface area (Å²) in [6.07, 6.45) is 5.12. The molecule has 4 rings (SSSR count). The van der Waals surface area contributed by atoms with E-state index in [1.165, 1.54) is 0 Å². The van der Waals surface area contributed by atoms with Crippen molar-refractivity contribution < 1.29 is 9.59 Å². The number of hydrogen-bond donors (Lipinski definition) is 2. The van der Waals surface area contributed by atoms with Crippen molar-refractivity contribution in [3.63, 3.8) is 0 Å². The zero-order chi connectivity index (χ0) is 17.2. The largest absolute Gasteiger partial charge is 0.355 e. The Morgan fingerprint density at radius 1 is 1.20 bits per heavy atom. The first-order valence-electron chi connectivity index (χ1n) is 8.90. The number of H-pyrrole nitrogens is 1. The smallest absolute Gasteiger partial charge is 0.228 e. The number of imidazole rings is 1. The monoisotopic (exact) mass is 338 g/mol. The highest BCUT2D eigenvalue weighted by Crippen LogP contribution is 2.32. The number of benzene rings is 1. The predicted octanol–water partition coefficient (Wildman–Crippen LogP) is 2.27. The third kappa shape index (κ3) is 3.16. The van der Waals surface area contributed by atoms with Crippen LogP contribution in [-0.2, 0) is 9.59 Å². The number of likely N-dealkylation sites (tertiary alicyclic amines) is 1. The van der Waals surface area contributed by atoms with E-state index in [4.69, 9.17) is 0 Å². The van der Waals surface area contributed by atoms with Gasteiger partial charge in [0.05, 0.1) is 23.9 Å². The fourth-order valence-electron chi connectivity index (χ4n) is 3.76. The van der Waals surface area contributed by atoms with Gasteiger partial charge in [-0.1, -0.05) is 30.3 Å². The lowest BCUT2D eigenvalue weighted by Gasteiger charge is -2.36. The van der Waals surface area contributed by atoms with E-state index in [-0.39, 0.29) is 23.8 Å². The Balaban J connectivity index is 1.56. The molecule has 2 amide bonds. The van der Waals surface area contributed by atoms with Gasteiger partial charge in [-0.15, -0.1) is 0 Å². The molecular weight excluding hydrogens is 316 g/mol. The average molecular weight is 338 g/mol. The van der Waals surface area contributed by atoms with Crippen LogP contribution < -0.4 is 5.32 Å². The van der Waals surface area contributed by atoms with E-state index in [2.05, 4.69) is 15.3 Å². The molecular formula is C19H22N4O2. The maximum atomic E-state index is 12.9. The molecule has 3 heterocycles. The Morgan fingerprint density at radius 3 is 2.80 bits per heavy atom. The third-order valence-corrected chi connectivity index (χ3v) is 5.11. The molecule has 2 N–H and O–H groups in total. The van der Waals surface area contributed by atoms with E-state index < -0.39 is 0 Å². The van der Waals surface area contributed by atoms with Crippen molar-refractivity contribution in [1.29, 1.82) is 0 Å². The lowest BCUT2D eigenvalue weighted by molar-refractivity contribution is -0.139. The number of carbonyl (C=O) groups excluding carboxylic acids is 2. The molecule has 0 bridgehead atoms. The van der Waals surface area contributed by atoms with Crippen molar-refractivity contribution in [2.75, 3.05) is 13.1 Å². The minimum absolute atomic E-state index is 0.0312. The van der Waals surface area contributed by atoms with Gasteiger partial charge in [-0.3, -0.25) is 9.59 Å². The zero-order valence-electron chi connectivity index (χ0n) is 14.1. The number of rotatable bonds is 3. The molecule has 2 aliphatic rings. The summed E-state index contributed by atoms with van der Waals surface area (Å²) in [6.45, 7) is 1.18. The van der Waals surface area contributed by atoms with Gasteiger partial charge in [0.15, 0.2) is 0 Å². The molecule has 1 aromatic carbocycles. The Labute approximate surface area is 146 Å². The fourth-order valence-corrected chi connectivity index (χ4v) is 3.76. The quantitative estimate of drug-likeness (QED) is 0.901. The van der Waals surface area contributed by atoms with Crippen LogP contribution in [0.1, 0.15) is 37.5 Å².